The molecule has 1 aliphatic heterocycles. The molecule has 110 valence electrons. The van der Waals surface area contributed by atoms with Crippen molar-refractivity contribution < 1.29 is 14.7 Å². The molecule has 7 heteroatoms. The van der Waals surface area contributed by atoms with Crippen LogP contribution < -0.4 is 10.6 Å². The summed E-state index contributed by atoms with van der Waals surface area (Å²) in [6, 6.07) is 3.34. The second-order valence-corrected chi connectivity index (χ2v) is 5.87. The first-order chi connectivity index (χ1) is 9.63. The van der Waals surface area contributed by atoms with E-state index in [9.17, 15) is 14.7 Å². The molecule has 0 aromatic carbocycles. The molecule has 0 unspecified atom stereocenters. The molecule has 1 aromatic rings. The van der Waals surface area contributed by atoms with Crippen molar-refractivity contribution in [2.24, 2.45) is 0 Å². The number of aliphatic hydroxyl groups excluding tert-OH is 1. The SMILES string of the molecule is O=C(CN1CCC[C@@H](O)C1)NC(=O)NCc1cccs1. The molecule has 0 saturated carbocycles. The minimum Gasteiger partial charge on any atom is -0.392 e. The Morgan fingerprint density at radius 1 is 1.50 bits per heavy atom. The number of rotatable bonds is 4. The number of amides is 3. The molecule has 1 atom stereocenters. The largest absolute Gasteiger partial charge is 0.392 e. The van der Waals surface area contributed by atoms with Gasteiger partial charge in [-0.3, -0.25) is 15.0 Å². The highest BCUT2D eigenvalue weighted by atomic mass is 32.1. The topological polar surface area (TPSA) is 81.7 Å². The number of aliphatic hydroxyl groups is 1. The van der Waals surface area contributed by atoms with Gasteiger partial charge >= 0.3 is 6.03 Å². The summed E-state index contributed by atoms with van der Waals surface area (Å²) in [6.07, 6.45) is 1.28. The third-order valence-corrected chi connectivity index (χ3v) is 3.98. The Morgan fingerprint density at radius 3 is 3.05 bits per heavy atom. The summed E-state index contributed by atoms with van der Waals surface area (Å²) >= 11 is 1.55. The molecule has 6 nitrogen and oxygen atoms in total. The number of likely N-dealkylation sites (tertiary alicyclic amines) is 1. The van der Waals surface area contributed by atoms with E-state index in [1.165, 1.54) is 0 Å². The van der Waals surface area contributed by atoms with Crippen LogP contribution in [0.4, 0.5) is 4.79 Å². The Balaban J connectivity index is 1.67. The average molecular weight is 297 g/mol. The number of urea groups is 1. The van der Waals surface area contributed by atoms with Crippen molar-refractivity contribution in [1.29, 1.82) is 0 Å². The highest BCUT2D eigenvalue weighted by Crippen LogP contribution is 2.09. The molecule has 3 N–H and O–H groups in total. The summed E-state index contributed by atoms with van der Waals surface area (Å²) in [6.45, 7) is 1.83. The molecule has 20 heavy (non-hydrogen) atoms. The van der Waals surface area contributed by atoms with E-state index >= 15 is 0 Å². The summed E-state index contributed by atoms with van der Waals surface area (Å²) in [7, 11) is 0. The molecule has 2 rings (SSSR count). The van der Waals surface area contributed by atoms with Gasteiger partial charge in [0.2, 0.25) is 5.91 Å². The normalized spacial score (nSPS) is 19.6. The van der Waals surface area contributed by atoms with Gasteiger partial charge in [0.05, 0.1) is 19.2 Å². The van der Waals surface area contributed by atoms with Gasteiger partial charge in [0.15, 0.2) is 0 Å². The Bertz CT molecular complexity index is 450. The van der Waals surface area contributed by atoms with Crippen molar-refractivity contribution in [3.05, 3.63) is 22.4 Å². The van der Waals surface area contributed by atoms with E-state index in [0.29, 0.717) is 13.1 Å². The van der Waals surface area contributed by atoms with Gasteiger partial charge < -0.3 is 10.4 Å². The lowest BCUT2D eigenvalue weighted by Crippen LogP contribution is -2.47. The number of nitrogens with zero attached hydrogens (tertiary/aromatic N) is 1. The number of hydrogen-bond donors (Lipinski definition) is 3. The van der Waals surface area contributed by atoms with Gasteiger partial charge in [0, 0.05) is 11.4 Å². The lowest BCUT2D eigenvalue weighted by molar-refractivity contribution is -0.121. The van der Waals surface area contributed by atoms with E-state index in [2.05, 4.69) is 10.6 Å². The van der Waals surface area contributed by atoms with Gasteiger partial charge in [0.25, 0.3) is 0 Å². The van der Waals surface area contributed by atoms with Crippen LogP contribution >= 0.6 is 11.3 Å². The zero-order valence-electron chi connectivity index (χ0n) is 11.2. The van der Waals surface area contributed by atoms with Gasteiger partial charge in [-0.25, -0.2) is 4.79 Å². The molecular formula is C13H19N3O3S. The van der Waals surface area contributed by atoms with Gasteiger partial charge in [-0.2, -0.15) is 0 Å². The monoisotopic (exact) mass is 297 g/mol. The lowest BCUT2D eigenvalue weighted by Gasteiger charge is -2.29. The number of thiophene rings is 1. The van der Waals surface area contributed by atoms with Gasteiger partial charge in [-0.15, -0.1) is 11.3 Å². The maximum Gasteiger partial charge on any atom is 0.321 e. The van der Waals surface area contributed by atoms with Crippen LogP contribution in [0, 0.1) is 0 Å². The zero-order chi connectivity index (χ0) is 14.4. The number of piperidine rings is 1. The van der Waals surface area contributed by atoms with Crippen LogP contribution in [0.1, 0.15) is 17.7 Å². The van der Waals surface area contributed by atoms with Gasteiger partial charge in [-0.1, -0.05) is 6.07 Å². The Morgan fingerprint density at radius 2 is 2.35 bits per heavy atom. The number of β-amino-alcohol motifs (C(OH)–C–C–N with tert-alkyl or cyclic N) is 1. The van der Waals surface area contributed by atoms with Crippen LogP contribution in [0.15, 0.2) is 17.5 Å². The molecule has 3 amide bonds. The van der Waals surface area contributed by atoms with Gasteiger partial charge in [0.1, 0.15) is 0 Å². The van der Waals surface area contributed by atoms with Crippen molar-refractivity contribution >= 4 is 23.3 Å². The predicted octanol–water partition coefficient (Wildman–Crippen LogP) is 0.531. The smallest absolute Gasteiger partial charge is 0.321 e. The highest BCUT2D eigenvalue weighted by Gasteiger charge is 2.20. The van der Waals surface area contributed by atoms with E-state index in [4.69, 9.17) is 0 Å². The van der Waals surface area contributed by atoms with Crippen LogP contribution in [0.5, 0.6) is 0 Å². The first kappa shape index (κ1) is 15.0. The van der Waals surface area contributed by atoms with Crippen LogP contribution in [-0.4, -0.2) is 47.7 Å². The second kappa shape index (κ2) is 7.37. The summed E-state index contributed by atoms with van der Waals surface area (Å²) in [4.78, 5) is 26.1. The molecule has 1 fully saturated rings. The molecule has 2 heterocycles. The maximum absolute atomic E-state index is 11.7. The third kappa shape index (κ3) is 4.92. The van der Waals surface area contributed by atoms with Crippen molar-refractivity contribution in [2.45, 2.75) is 25.5 Å². The minimum absolute atomic E-state index is 0.142. The highest BCUT2D eigenvalue weighted by molar-refractivity contribution is 7.09. The number of carbonyl (C=O) groups excluding carboxylic acids is 2. The molecule has 1 saturated heterocycles. The second-order valence-electron chi connectivity index (χ2n) is 4.84. The number of hydrogen-bond acceptors (Lipinski definition) is 5. The quantitative estimate of drug-likeness (QED) is 0.757. The minimum atomic E-state index is -0.485. The standard InChI is InChI=1S/C13H19N3O3S/c17-10-3-1-5-16(8-10)9-12(18)15-13(19)14-7-11-4-2-6-20-11/h2,4,6,10,17H,1,3,5,7-9H2,(H2,14,15,18,19)/t10-/m1/s1. The lowest BCUT2D eigenvalue weighted by atomic mass is 10.1. The van der Waals surface area contributed by atoms with E-state index in [-0.39, 0.29) is 18.6 Å². The molecule has 1 aromatic heterocycles. The summed E-state index contributed by atoms with van der Waals surface area (Å²) in [5.41, 5.74) is 0. The van der Waals surface area contributed by atoms with Crippen LogP contribution in [0.2, 0.25) is 0 Å². The Kier molecular flexibility index (Phi) is 5.51. The Labute approximate surface area is 121 Å². The van der Waals surface area contributed by atoms with Gasteiger partial charge in [-0.05, 0) is 30.8 Å². The first-order valence-electron chi connectivity index (χ1n) is 6.64. The average Bonchev–Trinajstić information content (AvgIpc) is 2.89. The van der Waals surface area contributed by atoms with Crippen LogP contribution in [0.3, 0.4) is 0 Å². The van der Waals surface area contributed by atoms with Crippen molar-refractivity contribution in [3.63, 3.8) is 0 Å². The van der Waals surface area contributed by atoms with E-state index < -0.39 is 6.03 Å². The van der Waals surface area contributed by atoms with E-state index in [0.717, 1.165) is 24.3 Å². The van der Waals surface area contributed by atoms with E-state index in [1.54, 1.807) is 11.3 Å². The zero-order valence-corrected chi connectivity index (χ0v) is 12.0. The third-order valence-electron chi connectivity index (χ3n) is 3.10. The fourth-order valence-electron chi connectivity index (χ4n) is 2.17. The first-order valence-corrected chi connectivity index (χ1v) is 7.52. The fourth-order valence-corrected chi connectivity index (χ4v) is 2.81. The molecule has 0 aliphatic carbocycles. The van der Waals surface area contributed by atoms with Crippen LogP contribution in [0.25, 0.3) is 0 Å². The summed E-state index contributed by atoms with van der Waals surface area (Å²) in [5, 5.41) is 16.4. The van der Waals surface area contributed by atoms with Crippen molar-refractivity contribution in [2.75, 3.05) is 19.6 Å². The number of imide groups is 1. The molecular weight excluding hydrogens is 278 g/mol. The summed E-state index contributed by atoms with van der Waals surface area (Å²) in [5.74, 6) is -0.345. The molecule has 0 bridgehead atoms. The number of carbonyl (C=O) groups is 2. The fraction of sp³-hybridized carbons (Fsp3) is 0.538. The van der Waals surface area contributed by atoms with E-state index in [1.807, 2.05) is 22.4 Å². The maximum atomic E-state index is 11.7. The number of nitrogens with one attached hydrogen (secondary N) is 2. The Hall–Kier alpha value is -1.44. The molecule has 1 aliphatic rings. The summed E-state index contributed by atoms with van der Waals surface area (Å²) < 4.78 is 0. The predicted molar refractivity (Wildman–Crippen MR) is 76.4 cm³/mol. The van der Waals surface area contributed by atoms with Crippen molar-refractivity contribution in [3.8, 4) is 0 Å². The van der Waals surface area contributed by atoms with Crippen molar-refractivity contribution in [1.82, 2.24) is 15.5 Å². The molecule has 0 spiro atoms. The van der Waals surface area contributed by atoms with Crippen LogP contribution in [-0.2, 0) is 11.3 Å². The molecule has 0 radical (unpaired) electrons.